The minimum absolute atomic E-state index is 0.397. The van der Waals surface area contributed by atoms with E-state index in [1.165, 1.54) is 90.0 Å². The van der Waals surface area contributed by atoms with Crippen molar-refractivity contribution < 1.29 is 0 Å². The number of rotatable bonds is 6. The van der Waals surface area contributed by atoms with Gasteiger partial charge in [-0.3, -0.25) is 4.90 Å². The summed E-state index contributed by atoms with van der Waals surface area (Å²) >= 11 is 0. The average molecular weight is 585 g/mol. The van der Waals surface area contributed by atoms with Crippen molar-refractivity contribution in [2.75, 3.05) is 73.6 Å². The van der Waals surface area contributed by atoms with Crippen LogP contribution in [0, 0.1) is 28.6 Å². The van der Waals surface area contributed by atoms with Gasteiger partial charge in [0, 0.05) is 63.8 Å². The van der Waals surface area contributed by atoms with Gasteiger partial charge in [0.1, 0.15) is 11.6 Å². The smallest absolute Gasteiger partial charge is 0.229 e. The molecule has 0 N–H and O–H groups in total. The molecule has 4 heterocycles. The zero-order valence-corrected chi connectivity index (χ0v) is 27.2. The monoisotopic (exact) mass is 584 g/mol. The highest BCUT2D eigenvalue weighted by Crippen LogP contribution is 2.65. The molecule has 1 aromatic heterocycles. The van der Waals surface area contributed by atoms with Crippen molar-refractivity contribution in [3.8, 4) is 0 Å². The molecule has 234 valence electrons. The Bertz CT molecular complexity index is 1200. The van der Waals surface area contributed by atoms with Crippen molar-refractivity contribution in [3.63, 3.8) is 0 Å². The van der Waals surface area contributed by atoms with Crippen molar-refractivity contribution in [1.82, 2.24) is 14.9 Å². The first-order valence-corrected chi connectivity index (χ1v) is 18.3. The second kappa shape index (κ2) is 11.4. The van der Waals surface area contributed by atoms with Crippen molar-refractivity contribution in [2.24, 2.45) is 28.6 Å². The number of allylic oxidation sites excluding steroid dienone is 4. The fourth-order valence-electron chi connectivity index (χ4n) is 10.9. The Morgan fingerprint density at radius 3 is 2.21 bits per heavy atom. The summed E-state index contributed by atoms with van der Waals surface area (Å²) in [6.45, 7) is 15.6. The molecular weight excluding hydrogens is 528 g/mol. The first-order chi connectivity index (χ1) is 21.0. The van der Waals surface area contributed by atoms with E-state index in [4.69, 9.17) is 9.97 Å². The Morgan fingerprint density at radius 1 is 0.767 bits per heavy atom. The molecule has 0 aromatic carbocycles. The average Bonchev–Trinajstić information content (AvgIpc) is 3.82. The minimum Gasteiger partial charge on any atom is -0.356 e. The molecule has 8 rings (SSSR count). The molecule has 0 spiro atoms. The van der Waals surface area contributed by atoms with E-state index in [1.807, 2.05) is 5.57 Å². The molecule has 2 saturated carbocycles. The molecule has 0 amide bonds. The molecule has 43 heavy (non-hydrogen) atoms. The Labute approximate surface area is 261 Å². The third kappa shape index (κ3) is 5.02. The van der Waals surface area contributed by atoms with E-state index in [1.54, 1.807) is 5.57 Å². The van der Waals surface area contributed by atoms with E-state index in [0.29, 0.717) is 10.8 Å². The fourth-order valence-corrected chi connectivity index (χ4v) is 10.9. The van der Waals surface area contributed by atoms with Gasteiger partial charge in [-0.2, -0.15) is 9.97 Å². The molecule has 5 fully saturated rings. The first-order valence-electron chi connectivity index (χ1n) is 18.3. The third-order valence-electron chi connectivity index (χ3n) is 13.6. The highest BCUT2D eigenvalue weighted by atomic mass is 15.3. The molecule has 7 aliphatic rings. The molecule has 6 heteroatoms. The summed E-state index contributed by atoms with van der Waals surface area (Å²) in [6.07, 6.45) is 23.0. The van der Waals surface area contributed by atoms with Gasteiger partial charge in [0.05, 0.1) is 0 Å². The lowest BCUT2D eigenvalue weighted by molar-refractivity contribution is 0.0747. The molecule has 5 atom stereocenters. The van der Waals surface area contributed by atoms with Gasteiger partial charge in [0.25, 0.3) is 0 Å². The van der Waals surface area contributed by atoms with Crippen LogP contribution in [0.5, 0.6) is 0 Å². The number of nitrogens with zero attached hydrogens (tertiary/aromatic N) is 6. The lowest BCUT2D eigenvalue weighted by Gasteiger charge is -2.54. The summed E-state index contributed by atoms with van der Waals surface area (Å²) < 4.78 is 0. The molecule has 1 aromatic rings. The van der Waals surface area contributed by atoms with Crippen LogP contribution in [0.4, 0.5) is 17.6 Å². The predicted molar refractivity (Wildman–Crippen MR) is 178 cm³/mol. The Morgan fingerprint density at radius 2 is 1.47 bits per heavy atom. The fraction of sp³-hybridized carbons (Fsp3) is 0.784. The number of hydrogen-bond acceptors (Lipinski definition) is 6. The Hall–Kier alpha value is -2.08. The summed E-state index contributed by atoms with van der Waals surface area (Å²) in [4.78, 5) is 20.4. The topological polar surface area (TPSA) is 38.7 Å². The van der Waals surface area contributed by atoms with E-state index in [0.717, 1.165) is 87.7 Å². The van der Waals surface area contributed by atoms with Crippen LogP contribution < -0.4 is 14.7 Å². The van der Waals surface area contributed by atoms with Gasteiger partial charge >= 0.3 is 0 Å². The summed E-state index contributed by atoms with van der Waals surface area (Å²) in [5.74, 6) is 5.95. The van der Waals surface area contributed by atoms with Crippen LogP contribution in [-0.4, -0.2) is 73.8 Å². The quantitative estimate of drug-likeness (QED) is 0.333. The van der Waals surface area contributed by atoms with E-state index < -0.39 is 0 Å². The van der Waals surface area contributed by atoms with E-state index >= 15 is 0 Å². The zero-order valence-electron chi connectivity index (χ0n) is 27.2. The van der Waals surface area contributed by atoms with E-state index in [9.17, 15) is 0 Å². The second-order valence-electron chi connectivity index (χ2n) is 15.7. The van der Waals surface area contributed by atoms with Crippen molar-refractivity contribution in [3.05, 3.63) is 29.4 Å². The van der Waals surface area contributed by atoms with Crippen LogP contribution in [0.1, 0.15) is 97.3 Å². The molecule has 6 nitrogen and oxygen atoms in total. The summed E-state index contributed by atoms with van der Waals surface area (Å²) in [5, 5.41) is 0. The molecule has 0 bridgehead atoms. The van der Waals surface area contributed by atoms with E-state index in [-0.39, 0.29) is 0 Å². The van der Waals surface area contributed by atoms with Crippen LogP contribution in [0.25, 0.3) is 0 Å². The van der Waals surface area contributed by atoms with Gasteiger partial charge in [-0.15, -0.1) is 0 Å². The van der Waals surface area contributed by atoms with Gasteiger partial charge in [0.15, 0.2) is 0 Å². The van der Waals surface area contributed by atoms with Crippen molar-refractivity contribution >= 4 is 17.6 Å². The predicted octanol–water partition coefficient (Wildman–Crippen LogP) is 7.08. The summed E-state index contributed by atoms with van der Waals surface area (Å²) in [5.41, 5.74) is 4.57. The largest absolute Gasteiger partial charge is 0.356 e. The van der Waals surface area contributed by atoms with Crippen molar-refractivity contribution in [1.29, 1.82) is 0 Å². The van der Waals surface area contributed by atoms with Crippen LogP contribution in [0.15, 0.2) is 29.4 Å². The highest BCUT2D eigenvalue weighted by Gasteiger charge is 2.55. The van der Waals surface area contributed by atoms with Gasteiger partial charge in [-0.1, -0.05) is 37.1 Å². The zero-order chi connectivity index (χ0) is 29.0. The lowest BCUT2D eigenvalue weighted by atomic mass is 9.51. The molecule has 3 aliphatic heterocycles. The molecule has 0 unspecified atom stereocenters. The standard InChI is InChI=1S/C37H56N6/c1-36-16-4-3-9-28(36)10-12-30-31-13-11-29(37(31,2)17-14-32(30)36)15-22-40-23-25-42(26-24-40)34-27-33(41-18-5-6-19-41)38-35(39-34)43-20-7-8-21-43/h9,14,27,29-31H,3-8,10-13,15-26H2,1-2H3/t29-,30+,31+,36+,37-/m1/s1. The van der Waals surface area contributed by atoms with Gasteiger partial charge in [-0.05, 0) is 113 Å². The van der Waals surface area contributed by atoms with Crippen molar-refractivity contribution in [2.45, 2.75) is 97.3 Å². The normalized spacial score (nSPS) is 36.3. The number of fused-ring (bicyclic) bond motifs is 5. The SMILES string of the molecule is C[C@]12CCCC=C1CC[C@@H]1C2=CC[C@]2(C)[C@@H](CCN3CCN(c4cc(N5CCCC5)nc(N5CCCC5)n4)CC3)CC[C@@H]12. The molecule has 0 radical (unpaired) electrons. The lowest BCUT2D eigenvalue weighted by Crippen LogP contribution is -2.48. The van der Waals surface area contributed by atoms with Gasteiger partial charge in [-0.25, -0.2) is 0 Å². The number of aromatic nitrogens is 2. The number of anilines is 3. The Kier molecular flexibility index (Phi) is 7.51. The Balaban J connectivity index is 0.903. The molecule has 3 saturated heterocycles. The third-order valence-corrected chi connectivity index (χ3v) is 13.6. The highest BCUT2D eigenvalue weighted by molar-refractivity contribution is 5.56. The number of hydrogen-bond donors (Lipinski definition) is 0. The maximum Gasteiger partial charge on any atom is 0.229 e. The molecular formula is C37H56N6. The van der Waals surface area contributed by atoms with Gasteiger partial charge < -0.3 is 14.7 Å². The first kappa shape index (κ1) is 28.4. The van der Waals surface area contributed by atoms with E-state index in [2.05, 4.69) is 51.7 Å². The van der Waals surface area contributed by atoms with Crippen LogP contribution in [-0.2, 0) is 0 Å². The minimum atomic E-state index is 0.397. The summed E-state index contributed by atoms with van der Waals surface area (Å²) in [6, 6.07) is 2.29. The maximum absolute atomic E-state index is 5.15. The van der Waals surface area contributed by atoms with Crippen LogP contribution in [0.2, 0.25) is 0 Å². The maximum atomic E-state index is 5.15. The van der Waals surface area contributed by atoms with Gasteiger partial charge in [0.2, 0.25) is 5.95 Å². The second-order valence-corrected chi connectivity index (χ2v) is 15.7. The number of piperazine rings is 1. The summed E-state index contributed by atoms with van der Waals surface area (Å²) in [7, 11) is 0. The van der Waals surface area contributed by atoms with Crippen LogP contribution in [0.3, 0.4) is 0 Å². The molecule has 4 aliphatic carbocycles. The van der Waals surface area contributed by atoms with Crippen LogP contribution >= 0.6 is 0 Å².